The van der Waals surface area contributed by atoms with Crippen molar-refractivity contribution in [3.63, 3.8) is 0 Å². The van der Waals surface area contributed by atoms with Crippen LogP contribution in [-0.4, -0.2) is 0 Å². The van der Waals surface area contributed by atoms with E-state index in [0.29, 0.717) is 0 Å². The molecule has 0 bridgehead atoms. The minimum atomic E-state index is 1.03. The van der Waals surface area contributed by atoms with Gasteiger partial charge in [0.15, 0.2) is 0 Å². The number of hydrogen-bond acceptors (Lipinski definition) is 0. The molecule has 0 saturated carbocycles. The first kappa shape index (κ1) is 60.4. The Labute approximate surface area is 376 Å². The first-order valence-electron chi connectivity index (χ1n) is 23.0. The maximum absolute atomic E-state index is 3.90. The normalized spacial score (nSPS) is 13.9. The lowest BCUT2D eigenvalue weighted by Crippen LogP contribution is -1.96. The van der Waals surface area contributed by atoms with Gasteiger partial charge < -0.3 is 0 Å². The molecule has 0 aromatic carbocycles. The summed E-state index contributed by atoms with van der Waals surface area (Å²) in [5.74, 6) is 0. The van der Waals surface area contributed by atoms with Gasteiger partial charge >= 0.3 is 0 Å². The summed E-state index contributed by atoms with van der Waals surface area (Å²) < 4.78 is 0. The highest BCUT2D eigenvalue weighted by Gasteiger charge is 2.07. The molecule has 0 heteroatoms. The lowest BCUT2D eigenvalue weighted by Gasteiger charge is -2.15. The van der Waals surface area contributed by atoms with Crippen molar-refractivity contribution in [2.75, 3.05) is 0 Å². The van der Waals surface area contributed by atoms with Gasteiger partial charge in [-0.1, -0.05) is 178 Å². The van der Waals surface area contributed by atoms with Crippen LogP contribution in [0.1, 0.15) is 200 Å². The van der Waals surface area contributed by atoms with Crippen LogP contribution in [0.3, 0.4) is 0 Å². The molecule has 1 rings (SSSR count). The lowest BCUT2D eigenvalue weighted by atomic mass is 9.91. The standard InChI is InChI=1S/4C15H24/c1-12(2)6-5-7-14(4)15-10-8-13(3)9-11-15;3*1-6-14(4)10-8-12-15(5)11-7-9-13(2)3/h6,8H,5,7,9-11H2,1-4H3;2*6,9-10,12H,1,7-8,11H2,2-5H3;6,9,12H,1,4,7-8,10-11H2,2-3,5H3/b15-14-;14-10+,15-12+;14-10-,15-12-;15-12+. The van der Waals surface area contributed by atoms with Crippen molar-refractivity contribution in [3.05, 3.63) is 178 Å². The predicted octanol–water partition coefficient (Wildman–Crippen LogP) is 20.8. The van der Waals surface area contributed by atoms with Crippen LogP contribution in [0, 0.1) is 0 Å². The van der Waals surface area contributed by atoms with E-state index in [4.69, 9.17) is 0 Å². The van der Waals surface area contributed by atoms with E-state index in [1.165, 1.54) is 102 Å². The molecule has 0 saturated heterocycles. The van der Waals surface area contributed by atoms with Crippen molar-refractivity contribution in [3.8, 4) is 0 Å². The third kappa shape index (κ3) is 45.2. The van der Waals surface area contributed by atoms with Gasteiger partial charge in [-0.3, -0.25) is 0 Å². The fraction of sp³-hybridized carbons (Fsp3) is 0.500. The zero-order chi connectivity index (χ0) is 46.3. The maximum atomic E-state index is 3.90. The summed E-state index contributed by atoms with van der Waals surface area (Å²) >= 11 is 0. The number of allylic oxidation sites excluding steroid dienone is 26. The van der Waals surface area contributed by atoms with E-state index in [9.17, 15) is 0 Å². The zero-order valence-electron chi connectivity index (χ0n) is 42.4. The van der Waals surface area contributed by atoms with Crippen LogP contribution in [0.4, 0.5) is 0 Å². The van der Waals surface area contributed by atoms with Crippen molar-refractivity contribution in [1.82, 2.24) is 0 Å². The van der Waals surface area contributed by atoms with Crippen molar-refractivity contribution in [2.24, 2.45) is 0 Å². The molecule has 0 atom stereocenters. The van der Waals surface area contributed by atoms with Gasteiger partial charge in [-0.25, -0.2) is 0 Å². The van der Waals surface area contributed by atoms with Gasteiger partial charge in [0.1, 0.15) is 0 Å². The monoisotopic (exact) mass is 817 g/mol. The summed E-state index contributed by atoms with van der Waals surface area (Å²) in [6.45, 7) is 47.6. The van der Waals surface area contributed by atoms with Gasteiger partial charge in [-0.15, -0.1) is 0 Å². The molecule has 0 radical (unpaired) electrons. The van der Waals surface area contributed by atoms with E-state index in [1.807, 2.05) is 18.2 Å². The van der Waals surface area contributed by atoms with Crippen LogP contribution in [0.25, 0.3) is 0 Å². The summed E-state index contributed by atoms with van der Waals surface area (Å²) in [6, 6.07) is 0. The quantitative estimate of drug-likeness (QED) is 0.0754. The van der Waals surface area contributed by atoms with Crippen LogP contribution in [0.15, 0.2) is 178 Å². The second-order valence-corrected chi connectivity index (χ2v) is 17.7. The molecular weight excluding hydrogens is 721 g/mol. The van der Waals surface area contributed by atoms with Crippen LogP contribution in [0.2, 0.25) is 0 Å². The van der Waals surface area contributed by atoms with Gasteiger partial charge in [0.05, 0.1) is 0 Å². The van der Waals surface area contributed by atoms with Gasteiger partial charge in [-0.05, 0) is 200 Å². The third-order valence-corrected chi connectivity index (χ3v) is 10.2. The minimum Gasteiger partial charge on any atom is -0.0988 e. The van der Waals surface area contributed by atoms with E-state index in [0.717, 1.165) is 50.5 Å². The first-order valence-corrected chi connectivity index (χ1v) is 23.0. The fourth-order valence-electron chi connectivity index (χ4n) is 5.73. The second kappa shape index (κ2) is 40.5. The zero-order valence-corrected chi connectivity index (χ0v) is 42.4. The Kier molecular flexibility index (Phi) is 40.8. The smallest absolute Gasteiger partial charge is 0.0134 e. The van der Waals surface area contributed by atoms with E-state index in [-0.39, 0.29) is 0 Å². The molecule has 0 aromatic heterocycles. The van der Waals surface area contributed by atoms with E-state index in [1.54, 1.807) is 16.7 Å². The van der Waals surface area contributed by atoms with Gasteiger partial charge in [-0.2, -0.15) is 0 Å². The number of rotatable bonds is 22. The average Bonchev–Trinajstić information content (AvgIpc) is 3.18. The second-order valence-electron chi connectivity index (χ2n) is 17.7. The molecule has 0 aromatic rings. The van der Waals surface area contributed by atoms with Crippen LogP contribution in [0.5, 0.6) is 0 Å². The van der Waals surface area contributed by atoms with E-state index >= 15 is 0 Å². The molecule has 0 heterocycles. The van der Waals surface area contributed by atoms with Crippen molar-refractivity contribution in [2.45, 2.75) is 200 Å². The summed E-state index contributed by atoms with van der Waals surface area (Å²) in [5.41, 5.74) is 18.6. The Morgan fingerprint density at radius 3 is 1.15 bits per heavy atom. The van der Waals surface area contributed by atoms with Crippen LogP contribution < -0.4 is 0 Å². The molecule has 0 N–H and O–H groups in total. The highest BCUT2D eigenvalue weighted by atomic mass is 14.1. The molecule has 0 nitrogen and oxygen atoms in total. The highest BCUT2D eigenvalue weighted by Crippen LogP contribution is 2.27. The molecule has 1 aliphatic rings. The Morgan fingerprint density at radius 1 is 0.450 bits per heavy atom. The van der Waals surface area contributed by atoms with E-state index < -0.39 is 0 Å². The summed E-state index contributed by atoms with van der Waals surface area (Å²) in [4.78, 5) is 0. The first-order chi connectivity index (χ1) is 28.3. The average molecular weight is 817 g/mol. The molecule has 0 amide bonds. The SMILES string of the molecule is C=C/C(C)=C/C/C=C(\C)CCC=C(C)C.C=C/C(C)=C\C/C=C(/C)CCC=C(C)C.C=CC(=C)CC/C=C(\C)CCC=C(C)C.CC(C)=CCC/C(C)=C1/CC=C(C)CC1. The highest BCUT2D eigenvalue weighted by molar-refractivity contribution is 5.23. The fourth-order valence-corrected chi connectivity index (χ4v) is 5.73. The van der Waals surface area contributed by atoms with Gasteiger partial charge in [0.25, 0.3) is 0 Å². The summed E-state index contributed by atoms with van der Waals surface area (Å²) in [7, 11) is 0. The Morgan fingerprint density at radius 2 is 0.817 bits per heavy atom. The Hall–Kier alpha value is -3.90. The molecule has 0 unspecified atom stereocenters. The topological polar surface area (TPSA) is 0 Å². The molecule has 1 aliphatic carbocycles. The minimum absolute atomic E-state index is 1.03. The predicted molar refractivity (Wildman–Crippen MR) is 282 cm³/mol. The lowest BCUT2D eigenvalue weighted by molar-refractivity contribution is 0.810. The maximum Gasteiger partial charge on any atom is -0.0134 e. The molecule has 0 spiro atoms. The van der Waals surface area contributed by atoms with Crippen LogP contribution in [-0.2, 0) is 0 Å². The summed E-state index contributed by atoms with van der Waals surface area (Å²) in [5, 5.41) is 0. The molecule has 0 fully saturated rings. The molecule has 0 aliphatic heterocycles. The third-order valence-electron chi connectivity index (χ3n) is 10.2. The van der Waals surface area contributed by atoms with Gasteiger partial charge in [0.2, 0.25) is 0 Å². The largest absolute Gasteiger partial charge is 0.0988 e. The van der Waals surface area contributed by atoms with Crippen molar-refractivity contribution >= 4 is 0 Å². The van der Waals surface area contributed by atoms with Crippen molar-refractivity contribution < 1.29 is 0 Å². The number of hydrogen-bond donors (Lipinski definition) is 0. The molecule has 60 heavy (non-hydrogen) atoms. The molecular formula is C60H96. The molecule has 336 valence electrons. The van der Waals surface area contributed by atoms with Gasteiger partial charge in [0, 0.05) is 0 Å². The van der Waals surface area contributed by atoms with E-state index in [2.05, 4.69) is 191 Å². The van der Waals surface area contributed by atoms with Crippen LogP contribution >= 0.6 is 0 Å². The Balaban J connectivity index is -0.000000722. The Bertz CT molecular complexity index is 1520. The van der Waals surface area contributed by atoms with Crippen molar-refractivity contribution in [1.29, 1.82) is 0 Å². The summed E-state index contributed by atoms with van der Waals surface area (Å²) in [6.07, 6.45) is 46.0.